The molecule has 6 heteroatoms. The third-order valence-electron chi connectivity index (χ3n) is 3.94. The monoisotopic (exact) mass is 360 g/mol. The van der Waals surface area contributed by atoms with Crippen LogP contribution in [-0.4, -0.2) is 31.6 Å². The Kier molecular flexibility index (Phi) is 5.71. The molecular weight excluding hydrogens is 340 g/mol. The Bertz CT molecular complexity index is 738. The number of carbonyl (C=O) groups excluding carboxylic acids is 2. The van der Waals surface area contributed by atoms with Crippen molar-refractivity contribution in [3.05, 3.63) is 46.2 Å². The van der Waals surface area contributed by atoms with Gasteiger partial charge in [0.1, 0.15) is 13.2 Å². The van der Waals surface area contributed by atoms with Gasteiger partial charge in [0, 0.05) is 16.9 Å². The summed E-state index contributed by atoms with van der Waals surface area (Å²) >= 11 is 1.57. The Morgan fingerprint density at radius 1 is 1.20 bits per heavy atom. The summed E-state index contributed by atoms with van der Waals surface area (Å²) in [6.45, 7) is 3.04. The summed E-state index contributed by atoms with van der Waals surface area (Å²) in [7, 11) is 0. The molecule has 1 aromatic heterocycles. The van der Waals surface area contributed by atoms with E-state index >= 15 is 0 Å². The zero-order chi connectivity index (χ0) is 17.6. The molecule has 0 saturated carbocycles. The van der Waals surface area contributed by atoms with Gasteiger partial charge in [-0.2, -0.15) is 0 Å². The van der Waals surface area contributed by atoms with Gasteiger partial charge in [-0.05, 0) is 43.0 Å². The molecule has 0 saturated heterocycles. The van der Waals surface area contributed by atoms with Crippen LogP contribution in [0, 0.1) is 5.92 Å². The third kappa shape index (κ3) is 4.39. The zero-order valence-corrected chi connectivity index (χ0v) is 14.8. The molecule has 1 atom stereocenters. The summed E-state index contributed by atoms with van der Waals surface area (Å²) in [5.41, 5.74) is 0.518. The van der Waals surface area contributed by atoms with E-state index in [1.807, 2.05) is 17.5 Å². The Morgan fingerprint density at radius 3 is 2.72 bits per heavy atom. The molecule has 0 spiro atoms. The fourth-order valence-corrected chi connectivity index (χ4v) is 3.52. The number of fused-ring (bicyclic) bond motifs is 1. The molecule has 3 rings (SSSR count). The van der Waals surface area contributed by atoms with Crippen molar-refractivity contribution in [2.45, 2.75) is 19.8 Å². The van der Waals surface area contributed by atoms with Crippen LogP contribution in [0.3, 0.4) is 0 Å². The highest BCUT2D eigenvalue weighted by molar-refractivity contribution is 7.09. The molecule has 132 valence electrons. The molecule has 0 bridgehead atoms. The Hall–Kier alpha value is -2.34. The third-order valence-corrected chi connectivity index (χ3v) is 4.84. The molecule has 0 N–H and O–H groups in total. The number of Topliss-reactive ketones (excluding diaryl/α,β-unsaturated/α-hetero) is 1. The largest absolute Gasteiger partial charge is 0.486 e. The first-order chi connectivity index (χ1) is 12.2. The van der Waals surface area contributed by atoms with Crippen LogP contribution in [0.1, 0.15) is 28.6 Å². The first-order valence-corrected chi connectivity index (χ1v) is 9.17. The van der Waals surface area contributed by atoms with Crippen molar-refractivity contribution in [2.75, 3.05) is 19.8 Å². The number of benzene rings is 1. The van der Waals surface area contributed by atoms with Crippen LogP contribution < -0.4 is 9.47 Å². The van der Waals surface area contributed by atoms with Crippen LogP contribution in [0.15, 0.2) is 35.7 Å². The van der Waals surface area contributed by atoms with Crippen molar-refractivity contribution in [1.82, 2.24) is 0 Å². The summed E-state index contributed by atoms with van der Waals surface area (Å²) in [6.07, 6.45) is 0.614. The van der Waals surface area contributed by atoms with E-state index in [1.54, 1.807) is 36.5 Å². The summed E-state index contributed by atoms with van der Waals surface area (Å²) in [5.74, 6) is 0.291. The predicted octanol–water partition coefficient (Wildman–Crippen LogP) is 3.51. The minimum Gasteiger partial charge on any atom is -0.486 e. The summed E-state index contributed by atoms with van der Waals surface area (Å²) < 4.78 is 16.1. The molecule has 2 heterocycles. The topological polar surface area (TPSA) is 61.8 Å². The average Bonchev–Trinajstić information content (AvgIpc) is 3.14. The van der Waals surface area contributed by atoms with Gasteiger partial charge in [-0.3, -0.25) is 9.59 Å². The molecule has 25 heavy (non-hydrogen) atoms. The maximum Gasteiger partial charge on any atom is 0.309 e. The number of carbonyl (C=O) groups is 2. The number of ketones is 1. The Morgan fingerprint density at radius 2 is 2.00 bits per heavy atom. The van der Waals surface area contributed by atoms with Gasteiger partial charge >= 0.3 is 5.97 Å². The van der Waals surface area contributed by atoms with Crippen molar-refractivity contribution in [1.29, 1.82) is 0 Å². The summed E-state index contributed by atoms with van der Waals surface area (Å²) in [4.78, 5) is 26.0. The van der Waals surface area contributed by atoms with Crippen LogP contribution in [0.25, 0.3) is 0 Å². The number of hydrogen-bond donors (Lipinski definition) is 0. The average molecular weight is 360 g/mol. The lowest BCUT2D eigenvalue weighted by Gasteiger charge is -2.19. The van der Waals surface area contributed by atoms with E-state index in [-0.39, 0.29) is 18.2 Å². The first kappa shape index (κ1) is 17.5. The van der Waals surface area contributed by atoms with Crippen molar-refractivity contribution in [3.63, 3.8) is 0 Å². The van der Waals surface area contributed by atoms with E-state index < -0.39 is 5.92 Å². The lowest BCUT2D eigenvalue weighted by atomic mass is 9.94. The highest BCUT2D eigenvalue weighted by Crippen LogP contribution is 2.31. The number of esters is 1. The molecule has 1 aromatic carbocycles. The van der Waals surface area contributed by atoms with Crippen LogP contribution in [-0.2, 0) is 16.0 Å². The van der Waals surface area contributed by atoms with E-state index in [9.17, 15) is 9.59 Å². The zero-order valence-electron chi connectivity index (χ0n) is 14.0. The summed E-state index contributed by atoms with van der Waals surface area (Å²) in [5, 5.41) is 1.96. The molecule has 0 fully saturated rings. The molecule has 1 aliphatic heterocycles. The number of hydrogen-bond acceptors (Lipinski definition) is 6. The number of rotatable bonds is 7. The van der Waals surface area contributed by atoms with E-state index in [0.29, 0.717) is 43.3 Å². The molecule has 0 aliphatic carbocycles. The minimum absolute atomic E-state index is 0.105. The van der Waals surface area contributed by atoms with Gasteiger partial charge < -0.3 is 14.2 Å². The van der Waals surface area contributed by atoms with Crippen LogP contribution in [0.2, 0.25) is 0 Å². The maximum absolute atomic E-state index is 12.7. The maximum atomic E-state index is 12.7. The fourth-order valence-electron chi connectivity index (χ4n) is 2.73. The van der Waals surface area contributed by atoms with E-state index in [4.69, 9.17) is 14.2 Å². The van der Waals surface area contributed by atoms with Crippen LogP contribution in [0.4, 0.5) is 0 Å². The highest BCUT2D eigenvalue weighted by atomic mass is 32.1. The first-order valence-electron chi connectivity index (χ1n) is 8.29. The van der Waals surface area contributed by atoms with Gasteiger partial charge in [0.15, 0.2) is 17.3 Å². The highest BCUT2D eigenvalue weighted by Gasteiger charge is 2.25. The Balaban J connectivity index is 1.73. The second-order valence-electron chi connectivity index (χ2n) is 5.72. The SMILES string of the molecule is CCOC(=O)C(CC(=O)c1ccc2c(c1)OCCO2)Cc1cccs1. The molecule has 5 nitrogen and oxygen atoms in total. The smallest absolute Gasteiger partial charge is 0.309 e. The molecular formula is C19H20O5S. The number of thiophene rings is 1. The minimum atomic E-state index is -0.487. The lowest BCUT2D eigenvalue weighted by Crippen LogP contribution is -2.23. The molecule has 2 aromatic rings. The standard InChI is InChI=1S/C19H20O5S/c1-2-22-19(21)14(10-15-4-3-9-25-15)11-16(20)13-5-6-17-18(12-13)24-8-7-23-17/h3-6,9,12,14H,2,7-8,10-11H2,1H3. The second-order valence-corrected chi connectivity index (χ2v) is 6.75. The van der Waals surface area contributed by atoms with Crippen molar-refractivity contribution in [3.8, 4) is 11.5 Å². The van der Waals surface area contributed by atoms with Gasteiger partial charge in [0.25, 0.3) is 0 Å². The lowest BCUT2D eigenvalue weighted by molar-refractivity contribution is -0.147. The van der Waals surface area contributed by atoms with Crippen molar-refractivity contribution < 1.29 is 23.8 Å². The molecule has 0 amide bonds. The van der Waals surface area contributed by atoms with Gasteiger partial charge in [-0.25, -0.2) is 0 Å². The van der Waals surface area contributed by atoms with Gasteiger partial charge in [0.2, 0.25) is 0 Å². The van der Waals surface area contributed by atoms with Crippen LogP contribution in [0.5, 0.6) is 11.5 Å². The molecule has 1 aliphatic rings. The molecule has 0 radical (unpaired) electrons. The summed E-state index contributed by atoms with van der Waals surface area (Å²) in [6, 6.07) is 9.03. The van der Waals surface area contributed by atoms with E-state index in [1.165, 1.54) is 0 Å². The predicted molar refractivity (Wildman–Crippen MR) is 94.5 cm³/mol. The van der Waals surface area contributed by atoms with Gasteiger partial charge in [-0.1, -0.05) is 6.07 Å². The number of ether oxygens (including phenoxy) is 3. The van der Waals surface area contributed by atoms with Crippen molar-refractivity contribution >= 4 is 23.1 Å². The van der Waals surface area contributed by atoms with Gasteiger partial charge in [-0.15, -0.1) is 11.3 Å². The second kappa shape index (κ2) is 8.16. The molecule has 1 unspecified atom stereocenters. The Labute approximate surface area is 150 Å². The van der Waals surface area contributed by atoms with Gasteiger partial charge in [0.05, 0.1) is 12.5 Å². The van der Waals surface area contributed by atoms with E-state index in [0.717, 1.165) is 4.88 Å². The van der Waals surface area contributed by atoms with E-state index in [2.05, 4.69) is 0 Å². The van der Waals surface area contributed by atoms with Crippen LogP contribution >= 0.6 is 11.3 Å². The van der Waals surface area contributed by atoms with Crippen molar-refractivity contribution in [2.24, 2.45) is 5.92 Å². The normalized spacial score (nSPS) is 14.0. The quantitative estimate of drug-likeness (QED) is 0.558. The fraction of sp³-hybridized carbons (Fsp3) is 0.368.